The van der Waals surface area contributed by atoms with Gasteiger partial charge in [-0.2, -0.15) is 0 Å². The first kappa shape index (κ1) is 18.1. The second kappa shape index (κ2) is 7.27. The van der Waals surface area contributed by atoms with Gasteiger partial charge in [0.25, 0.3) is 11.8 Å². The zero-order valence-corrected chi connectivity index (χ0v) is 15.0. The maximum absolute atomic E-state index is 12.3. The van der Waals surface area contributed by atoms with Crippen LogP contribution in [0.25, 0.3) is 0 Å². The minimum absolute atomic E-state index is 0.0646. The van der Waals surface area contributed by atoms with E-state index in [0.29, 0.717) is 18.8 Å². The van der Waals surface area contributed by atoms with Crippen molar-refractivity contribution in [3.8, 4) is 0 Å². The summed E-state index contributed by atoms with van der Waals surface area (Å²) < 4.78 is 28.3. The zero-order chi connectivity index (χ0) is 18.7. The van der Waals surface area contributed by atoms with Crippen molar-refractivity contribution in [1.82, 2.24) is 0 Å². The second-order valence-corrected chi connectivity index (χ2v) is 7.91. The molecule has 136 valence electrons. The Bertz CT molecular complexity index is 938. The van der Waals surface area contributed by atoms with Gasteiger partial charge in [0.05, 0.1) is 11.5 Å². The standard InChI is InChI=1S/C18H18N2O5S/c1-26(23,24)16-4-2-3-13(11-16)18(22)19-14-5-7-15(8-6-14)20-9-10-25-12-17(20)21/h2-8,11H,9-10,12H2,1H3,(H,19,22). The second-order valence-electron chi connectivity index (χ2n) is 5.90. The number of nitrogens with one attached hydrogen (secondary N) is 1. The van der Waals surface area contributed by atoms with Gasteiger partial charge in [0.2, 0.25) is 0 Å². The SMILES string of the molecule is CS(=O)(=O)c1cccc(C(=O)Nc2ccc(N3CCOCC3=O)cc2)c1. The molecule has 1 N–H and O–H groups in total. The van der Waals surface area contributed by atoms with Crippen LogP contribution >= 0.6 is 0 Å². The first-order valence-corrected chi connectivity index (χ1v) is 9.83. The monoisotopic (exact) mass is 374 g/mol. The number of rotatable bonds is 4. The number of anilines is 2. The number of ether oxygens (including phenoxy) is 1. The van der Waals surface area contributed by atoms with E-state index in [2.05, 4.69) is 5.32 Å². The Morgan fingerprint density at radius 3 is 2.54 bits per heavy atom. The quantitative estimate of drug-likeness (QED) is 0.879. The van der Waals surface area contributed by atoms with Gasteiger partial charge >= 0.3 is 0 Å². The average Bonchev–Trinajstić information content (AvgIpc) is 2.62. The molecule has 0 radical (unpaired) electrons. The number of carbonyl (C=O) groups excluding carboxylic acids is 2. The van der Waals surface area contributed by atoms with E-state index in [1.54, 1.807) is 35.2 Å². The molecular formula is C18H18N2O5S. The van der Waals surface area contributed by atoms with E-state index < -0.39 is 15.7 Å². The molecule has 2 aromatic rings. The van der Waals surface area contributed by atoms with Gasteiger partial charge in [0.15, 0.2) is 9.84 Å². The lowest BCUT2D eigenvalue weighted by molar-refractivity contribution is -0.125. The number of benzene rings is 2. The lowest BCUT2D eigenvalue weighted by Gasteiger charge is -2.26. The molecule has 1 aliphatic rings. The predicted octanol–water partition coefficient (Wildman–Crippen LogP) is 1.71. The molecule has 7 nitrogen and oxygen atoms in total. The molecule has 26 heavy (non-hydrogen) atoms. The summed E-state index contributed by atoms with van der Waals surface area (Å²) in [6.07, 6.45) is 1.09. The molecule has 1 heterocycles. The van der Waals surface area contributed by atoms with Crippen LogP contribution in [0.3, 0.4) is 0 Å². The molecule has 0 saturated carbocycles. The number of carbonyl (C=O) groups is 2. The van der Waals surface area contributed by atoms with Crippen molar-refractivity contribution in [3.05, 3.63) is 54.1 Å². The van der Waals surface area contributed by atoms with E-state index in [-0.39, 0.29) is 23.0 Å². The summed E-state index contributed by atoms with van der Waals surface area (Å²) in [5, 5.41) is 2.72. The summed E-state index contributed by atoms with van der Waals surface area (Å²) in [4.78, 5) is 25.9. The molecule has 1 saturated heterocycles. The Hall–Kier alpha value is -2.71. The summed E-state index contributed by atoms with van der Waals surface area (Å²) in [5.74, 6) is -0.517. The van der Waals surface area contributed by atoms with E-state index in [4.69, 9.17) is 4.74 Å². The van der Waals surface area contributed by atoms with Gasteiger partial charge in [0, 0.05) is 29.7 Å². The average molecular weight is 374 g/mol. The maximum atomic E-state index is 12.3. The van der Waals surface area contributed by atoms with Gasteiger partial charge in [-0.1, -0.05) is 6.07 Å². The van der Waals surface area contributed by atoms with E-state index in [0.717, 1.165) is 11.9 Å². The highest BCUT2D eigenvalue weighted by Gasteiger charge is 2.20. The maximum Gasteiger partial charge on any atom is 0.255 e. The Labute approximate surface area is 151 Å². The Kier molecular flexibility index (Phi) is 5.06. The first-order chi connectivity index (χ1) is 12.3. The normalized spacial score (nSPS) is 15.0. The van der Waals surface area contributed by atoms with Crippen LogP contribution in [-0.2, 0) is 19.4 Å². The topological polar surface area (TPSA) is 92.8 Å². The zero-order valence-electron chi connectivity index (χ0n) is 14.1. The molecule has 2 aromatic carbocycles. The molecule has 0 bridgehead atoms. The number of amides is 2. The molecule has 8 heteroatoms. The van der Waals surface area contributed by atoms with Crippen molar-refractivity contribution in [2.75, 3.05) is 36.2 Å². The van der Waals surface area contributed by atoms with E-state index in [9.17, 15) is 18.0 Å². The molecule has 1 aliphatic heterocycles. The number of nitrogens with zero attached hydrogens (tertiary/aromatic N) is 1. The molecule has 0 aliphatic carbocycles. The Morgan fingerprint density at radius 1 is 1.15 bits per heavy atom. The van der Waals surface area contributed by atoms with Crippen LogP contribution < -0.4 is 10.2 Å². The highest BCUT2D eigenvalue weighted by Crippen LogP contribution is 2.20. The Balaban J connectivity index is 1.73. The fraction of sp³-hybridized carbons (Fsp3) is 0.222. The van der Waals surface area contributed by atoms with Crippen LogP contribution in [0.4, 0.5) is 11.4 Å². The minimum atomic E-state index is -3.38. The van der Waals surface area contributed by atoms with Crippen LogP contribution in [0.15, 0.2) is 53.4 Å². The molecule has 0 spiro atoms. The summed E-state index contributed by atoms with van der Waals surface area (Å²) in [6, 6.07) is 12.7. The number of hydrogen-bond donors (Lipinski definition) is 1. The van der Waals surface area contributed by atoms with Crippen molar-refractivity contribution >= 4 is 33.0 Å². The van der Waals surface area contributed by atoms with E-state index >= 15 is 0 Å². The summed E-state index contributed by atoms with van der Waals surface area (Å²) in [5.41, 5.74) is 1.53. The van der Waals surface area contributed by atoms with E-state index in [1.807, 2.05) is 0 Å². The van der Waals surface area contributed by atoms with Crippen molar-refractivity contribution < 1.29 is 22.7 Å². The van der Waals surface area contributed by atoms with Gasteiger partial charge in [0.1, 0.15) is 6.61 Å². The van der Waals surface area contributed by atoms with Crippen LogP contribution in [0.1, 0.15) is 10.4 Å². The lowest BCUT2D eigenvalue weighted by atomic mass is 10.2. The van der Waals surface area contributed by atoms with Crippen LogP contribution in [0, 0.1) is 0 Å². The van der Waals surface area contributed by atoms with Gasteiger partial charge in [-0.25, -0.2) is 8.42 Å². The van der Waals surface area contributed by atoms with Crippen molar-refractivity contribution in [2.45, 2.75) is 4.90 Å². The van der Waals surface area contributed by atoms with E-state index in [1.165, 1.54) is 18.2 Å². The first-order valence-electron chi connectivity index (χ1n) is 7.94. The smallest absolute Gasteiger partial charge is 0.255 e. The highest BCUT2D eigenvalue weighted by atomic mass is 32.2. The fourth-order valence-electron chi connectivity index (χ4n) is 2.59. The third-order valence-electron chi connectivity index (χ3n) is 3.95. The van der Waals surface area contributed by atoms with Crippen molar-refractivity contribution in [3.63, 3.8) is 0 Å². The molecule has 1 fully saturated rings. The Morgan fingerprint density at radius 2 is 1.88 bits per heavy atom. The molecular weight excluding hydrogens is 356 g/mol. The van der Waals surface area contributed by atoms with Crippen LogP contribution in [-0.4, -0.2) is 46.2 Å². The number of morpholine rings is 1. The molecule has 0 atom stereocenters. The summed E-state index contributed by atoms with van der Waals surface area (Å²) in [7, 11) is -3.38. The summed E-state index contributed by atoms with van der Waals surface area (Å²) in [6.45, 7) is 1.04. The molecule has 0 unspecified atom stereocenters. The minimum Gasteiger partial charge on any atom is -0.370 e. The third-order valence-corrected chi connectivity index (χ3v) is 5.06. The number of hydrogen-bond acceptors (Lipinski definition) is 5. The number of sulfone groups is 1. The summed E-state index contributed by atoms with van der Waals surface area (Å²) >= 11 is 0. The van der Waals surface area contributed by atoms with Gasteiger partial charge < -0.3 is 15.0 Å². The molecule has 0 aromatic heterocycles. The van der Waals surface area contributed by atoms with Crippen molar-refractivity contribution in [2.24, 2.45) is 0 Å². The molecule has 2 amide bonds. The van der Waals surface area contributed by atoms with Gasteiger partial charge in [-0.05, 0) is 42.5 Å². The van der Waals surface area contributed by atoms with Crippen LogP contribution in [0.2, 0.25) is 0 Å². The predicted molar refractivity (Wildman–Crippen MR) is 97.1 cm³/mol. The van der Waals surface area contributed by atoms with Crippen LogP contribution in [0.5, 0.6) is 0 Å². The van der Waals surface area contributed by atoms with Gasteiger partial charge in [-0.15, -0.1) is 0 Å². The van der Waals surface area contributed by atoms with Crippen molar-refractivity contribution in [1.29, 1.82) is 0 Å². The highest BCUT2D eigenvalue weighted by molar-refractivity contribution is 7.90. The van der Waals surface area contributed by atoms with Gasteiger partial charge in [-0.3, -0.25) is 9.59 Å². The molecule has 3 rings (SSSR count). The largest absolute Gasteiger partial charge is 0.370 e. The lowest BCUT2D eigenvalue weighted by Crippen LogP contribution is -2.41. The fourth-order valence-corrected chi connectivity index (χ4v) is 3.25. The third kappa shape index (κ3) is 4.09.